The minimum atomic E-state index is -0.949. The van der Waals surface area contributed by atoms with Crippen LogP contribution in [0.3, 0.4) is 0 Å². The monoisotopic (exact) mass is 397 g/mol. The Morgan fingerprint density at radius 3 is 2.75 bits per heavy atom. The lowest BCUT2D eigenvalue weighted by molar-refractivity contribution is 0.0539. The Kier molecular flexibility index (Phi) is 4.53. The van der Waals surface area contributed by atoms with E-state index in [-0.39, 0.29) is 19.0 Å². The van der Waals surface area contributed by atoms with Crippen molar-refractivity contribution in [1.82, 2.24) is 4.98 Å². The Hall–Kier alpha value is -2.28. The van der Waals surface area contributed by atoms with Gasteiger partial charge in [0.2, 0.25) is 0 Å². The van der Waals surface area contributed by atoms with Gasteiger partial charge in [-0.3, -0.25) is 4.79 Å². The number of carbonyl (C=O) groups is 1. The van der Waals surface area contributed by atoms with Gasteiger partial charge in [-0.2, -0.15) is 0 Å². The molecule has 3 aromatic rings. The van der Waals surface area contributed by atoms with Crippen molar-refractivity contribution < 1.29 is 19.7 Å². The van der Waals surface area contributed by atoms with Crippen LogP contribution >= 0.6 is 11.6 Å². The van der Waals surface area contributed by atoms with Crippen LogP contribution < -0.4 is 10.2 Å². The van der Waals surface area contributed by atoms with E-state index in [0.717, 1.165) is 27.6 Å². The van der Waals surface area contributed by atoms with Crippen LogP contribution in [0.4, 0.5) is 0 Å². The number of benzene rings is 2. The molecule has 0 unspecified atom stereocenters. The third-order valence-electron chi connectivity index (χ3n) is 5.49. The van der Waals surface area contributed by atoms with E-state index in [1.807, 2.05) is 32.1 Å². The molecule has 0 spiro atoms. The van der Waals surface area contributed by atoms with Crippen molar-refractivity contribution in [1.29, 1.82) is 0 Å². The molecule has 1 atom stereocenters. The number of hydrogen-bond donors (Lipinski definition) is 3. The first-order chi connectivity index (χ1) is 13.2. The number of aromatic nitrogens is 1. The normalized spacial score (nSPS) is 16.0. The van der Waals surface area contributed by atoms with Gasteiger partial charge >= 0.3 is 0 Å². The summed E-state index contributed by atoms with van der Waals surface area (Å²) in [5.74, 6) is 0.567. The van der Waals surface area contributed by atoms with Gasteiger partial charge in [0.05, 0.1) is 12.2 Å². The van der Waals surface area contributed by atoms with Gasteiger partial charge in [0.25, 0.3) is 0 Å². The SMILES string of the molecule is Bc1cc2c(cc1OC[C@H](O)CO)C(C)(C)c1[nH]c3cc(Cl)ccc3c1C2=O. The average Bonchev–Trinajstić information content (AvgIpc) is 3.04. The van der Waals surface area contributed by atoms with Crippen LogP contribution in [0.5, 0.6) is 5.75 Å². The lowest BCUT2D eigenvalue weighted by Crippen LogP contribution is -2.32. The smallest absolute Gasteiger partial charge is 0.195 e. The van der Waals surface area contributed by atoms with Crippen molar-refractivity contribution in [3.8, 4) is 5.75 Å². The Labute approximate surface area is 168 Å². The van der Waals surface area contributed by atoms with Crippen LogP contribution in [0.1, 0.15) is 41.0 Å². The van der Waals surface area contributed by atoms with Gasteiger partial charge in [-0.05, 0) is 29.2 Å². The maximum absolute atomic E-state index is 13.4. The highest BCUT2D eigenvalue weighted by molar-refractivity contribution is 6.35. The van der Waals surface area contributed by atoms with Crippen LogP contribution in [0, 0.1) is 0 Å². The summed E-state index contributed by atoms with van der Waals surface area (Å²) in [6, 6.07) is 9.22. The van der Waals surface area contributed by atoms with Crippen molar-refractivity contribution >= 4 is 41.6 Å². The number of ether oxygens (including phenoxy) is 1. The first-order valence-electron chi connectivity index (χ1n) is 9.17. The molecule has 2 aromatic carbocycles. The number of halogens is 1. The number of hydrogen-bond acceptors (Lipinski definition) is 4. The maximum Gasteiger partial charge on any atom is 0.195 e. The van der Waals surface area contributed by atoms with Gasteiger partial charge in [-0.15, -0.1) is 0 Å². The van der Waals surface area contributed by atoms with E-state index in [2.05, 4.69) is 18.8 Å². The van der Waals surface area contributed by atoms with E-state index in [1.165, 1.54) is 0 Å². The standard InChI is InChI=1S/C21H21BClNO4/c1-21(2)14-7-17(28-9-11(26)8-25)15(22)6-13(14)19(27)18-12-4-3-10(23)5-16(12)24-20(18)21/h3-7,11,24-26H,8-9,22H2,1-2H3/t11-/m1/s1. The molecule has 0 bridgehead atoms. The molecule has 7 heteroatoms. The number of aliphatic hydroxyl groups excluding tert-OH is 2. The van der Waals surface area contributed by atoms with Crippen LogP contribution in [0.25, 0.3) is 10.9 Å². The summed E-state index contributed by atoms with van der Waals surface area (Å²) in [6.07, 6.45) is -0.949. The molecule has 0 radical (unpaired) electrons. The first kappa shape index (κ1) is 19.1. The first-order valence-corrected chi connectivity index (χ1v) is 9.55. The number of H-pyrrole nitrogens is 1. The molecule has 1 aromatic heterocycles. The summed E-state index contributed by atoms with van der Waals surface area (Å²) in [4.78, 5) is 16.8. The second kappa shape index (κ2) is 6.66. The van der Waals surface area contributed by atoms with E-state index in [0.29, 0.717) is 21.9 Å². The highest BCUT2D eigenvalue weighted by atomic mass is 35.5. The quantitative estimate of drug-likeness (QED) is 0.585. The van der Waals surface area contributed by atoms with E-state index < -0.39 is 11.5 Å². The molecule has 144 valence electrons. The van der Waals surface area contributed by atoms with Crippen LogP contribution in [0.15, 0.2) is 30.3 Å². The number of aromatic amines is 1. The third-order valence-corrected chi connectivity index (χ3v) is 5.72. The summed E-state index contributed by atoms with van der Waals surface area (Å²) in [5, 5.41) is 20.1. The van der Waals surface area contributed by atoms with Gasteiger partial charge < -0.3 is 19.9 Å². The molecule has 3 N–H and O–H groups in total. The predicted molar refractivity (Wildman–Crippen MR) is 112 cm³/mol. The van der Waals surface area contributed by atoms with Crippen molar-refractivity contribution in [2.45, 2.75) is 25.4 Å². The zero-order valence-electron chi connectivity index (χ0n) is 16.0. The van der Waals surface area contributed by atoms with Gasteiger partial charge in [-0.25, -0.2) is 0 Å². The lowest BCUT2D eigenvalue weighted by atomic mass is 9.70. The minimum Gasteiger partial charge on any atom is -0.491 e. The minimum absolute atomic E-state index is 0.0133. The second-order valence-electron chi connectivity index (χ2n) is 7.83. The van der Waals surface area contributed by atoms with E-state index in [4.69, 9.17) is 21.4 Å². The maximum atomic E-state index is 13.4. The molecule has 1 heterocycles. The zero-order chi connectivity index (χ0) is 20.2. The number of nitrogens with one attached hydrogen (secondary N) is 1. The average molecular weight is 398 g/mol. The highest BCUT2D eigenvalue weighted by Gasteiger charge is 2.40. The molecule has 1 aliphatic rings. The zero-order valence-corrected chi connectivity index (χ0v) is 16.7. The molecule has 0 saturated carbocycles. The fourth-order valence-corrected chi connectivity index (χ4v) is 4.10. The molecule has 28 heavy (non-hydrogen) atoms. The second-order valence-corrected chi connectivity index (χ2v) is 8.27. The van der Waals surface area contributed by atoms with Crippen molar-refractivity contribution in [3.05, 3.63) is 57.7 Å². The number of carbonyl (C=O) groups excluding carboxylic acids is 1. The summed E-state index contributed by atoms with van der Waals surface area (Å²) in [5.41, 5.74) is 4.25. The van der Waals surface area contributed by atoms with E-state index >= 15 is 0 Å². The van der Waals surface area contributed by atoms with Gasteiger partial charge in [0, 0.05) is 32.6 Å². The van der Waals surface area contributed by atoms with Crippen molar-refractivity contribution in [2.24, 2.45) is 0 Å². The Morgan fingerprint density at radius 2 is 2.04 bits per heavy atom. The van der Waals surface area contributed by atoms with Crippen LogP contribution in [-0.4, -0.2) is 48.1 Å². The number of fused-ring (bicyclic) bond motifs is 4. The fraction of sp³-hybridized carbons (Fsp3) is 0.286. The van der Waals surface area contributed by atoms with E-state index in [9.17, 15) is 9.90 Å². The van der Waals surface area contributed by atoms with Gasteiger partial charge in [0.1, 0.15) is 26.3 Å². The van der Waals surface area contributed by atoms with Gasteiger partial charge in [-0.1, -0.05) is 37.6 Å². The predicted octanol–water partition coefficient (Wildman–Crippen LogP) is 1.68. The topological polar surface area (TPSA) is 82.5 Å². The molecular weight excluding hydrogens is 376 g/mol. The molecule has 0 fully saturated rings. The number of rotatable bonds is 4. The largest absolute Gasteiger partial charge is 0.491 e. The number of aliphatic hydroxyl groups is 2. The molecule has 4 rings (SSSR count). The summed E-state index contributed by atoms with van der Waals surface area (Å²) < 4.78 is 5.70. The highest BCUT2D eigenvalue weighted by Crippen LogP contribution is 2.44. The van der Waals surface area contributed by atoms with Gasteiger partial charge in [0.15, 0.2) is 5.78 Å². The third kappa shape index (κ3) is 2.84. The summed E-state index contributed by atoms with van der Waals surface area (Å²) in [7, 11) is 1.87. The molecule has 5 nitrogen and oxygen atoms in total. The molecule has 0 aliphatic heterocycles. The summed E-state index contributed by atoms with van der Waals surface area (Å²) in [6.45, 7) is 3.75. The van der Waals surface area contributed by atoms with E-state index in [1.54, 1.807) is 6.07 Å². The Balaban J connectivity index is 1.87. The van der Waals surface area contributed by atoms with Crippen molar-refractivity contribution in [2.75, 3.05) is 13.2 Å². The Bertz CT molecular complexity index is 1110. The van der Waals surface area contributed by atoms with Crippen LogP contribution in [-0.2, 0) is 5.41 Å². The van der Waals surface area contributed by atoms with Crippen molar-refractivity contribution in [3.63, 3.8) is 0 Å². The lowest BCUT2D eigenvalue weighted by Gasteiger charge is -2.33. The fourth-order valence-electron chi connectivity index (χ4n) is 3.93. The summed E-state index contributed by atoms with van der Waals surface area (Å²) >= 11 is 6.13. The molecule has 1 aliphatic carbocycles. The Morgan fingerprint density at radius 1 is 1.29 bits per heavy atom. The number of ketones is 1. The molecule has 0 amide bonds. The van der Waals surface area contributed by atoms with Crippen LogP contribution in [0.2, 0.25) is 5.02 Å². The molecule has 0 saturated heterocycles. The molecular formula is C21H21BClNO4.